The van der Waals surface area contributed by atoms with Crippen LogP contribution in [0.5, 0.6) is 0 Å². The van der Waals surface area contributed by atoms with E-state index in [1.54, 1.807) is 7.05 Å². The minimum absolute atomic E-state index is 0. The van der Waals surface area contributed by atoms with Gasteiger partial charge in [-0.15, -0.1) is 24.0 Å². The van der Waals surface area contributed by atoms with Crippen LogP contribution in [0.3, 0.4) is 0 Å². The fourth-order valence-corrected chi connectivity index (χ4v) is 3.01. The number of carbonyl (C=O) groups is 1. The molecule has 3 rings (SSSR count). The second kappa shape index (κ2) is 8.69. The first-order valence-corrected chi connectivity index (χ1v) is 8.49. The van der Waals surface area contributed by atoms with E-state index in [0.29, 0.717) is 12.5 Å². The lowest BCUT2D eigenvalue weighted by Gasteiger charge is -2.16. The van der Waals surface area contributed by atoms with Gasteiger partial charge >= 0.3 is 0 Å². The highest BCUT2D eigenvalue weighted by atomic mass is 127. The second-order valence-electron chi connectivity index (χ2n) is 6.58. The normalized spacial score (nSPS) is 21.8. The van der Waals surface area contributed by atoms with E-state index < -0.39 is 0 Å². The van der Waals surface area contributed by atoms with Gasteiger partial charge in [0.05, 0.1) is 0 Å². The van der Waals surface area contributed by atoms with Gasteiger partial charge in [0.15, 0.2) is 5.96 Å². The summed E-state index contributed by atoms with van der Waals surface area (Å²) < 4.78 is 0. The van der Waals surface area contributed by atoms with Crippen molar-refractivity contribution in [2.75, 3.05) is 13.6 Å². The number of nitrogens with one attached hydrogen (secondary N) is 2. The van der Waals surface area contributed by atoms with Crippen LogP contribution in [-0.4, -0.2) is 36.4 Å². The number of fused-ring (bicyclic) bond motifs is 1. The molecule has 6 heteroatoms. The highest BCUT2D eigenvalue weighted by molar-refractivity contribution is 14.0. The van der Waals surface area contributed by atoms with Gasteiger partial charge < -0.3 is 15.5 Å². The number of benzene rings is 1. The Hall–Kier alpha value is -1.31. The number of hydrogen-bond acceptors (Lipinski definition) is 2. The fourth-order valence-electron chi connectivity index (χ4n) is 3.01. The van der Waals surface area contributed by atoms with Gasteiger partial charge in [-0.25, -0.2) is 0 Å². The largest absolute Gasteiger partial charge is 0.356 e. The van der Waals surface area contributed by atoms with Crippen LogP contribution in [0, 0.1) is 5.92 Å². The minimum atomic E-state index is 0. The summed E-state index contributed by atoms with van der Waals surface area (Å²) in [5.41, 5.74) is 2.56. The van der Waals surface area contributed by atoms with Crippen LogP contribution in [0.15, 0.2) is 29.3 Å². The van der Waals surface area contributed by atoms with Gasteiger partial charge in [0, 0.05) is 39.1 Å². The summed E-state index contributed by atoms with van der Waals surface area (Å²) in [6.45, 7) is 4.52. The maximum absolute atomic E-state index is 12.3. The Bertz CT molecular complexity index is 579. The second-order valence-corrected chi connectivity index (χ2v) is 6.58. The molecule has 2 atom stereocenters. The molecule has 2 N–H and O–H groups in total. The Kier molecular flexibility index (Phi) is 6.89. The first-order valence-electron chi connectivity index (χ1n) is 8.49. The smallest absolute Gasteiger partial charge is 0.223 e. The van der Waals surface area contributed by atoms with E-state index in [-0.39, 0.29) is 29.9 Å². The quantitative estimate of drug-likeness (QED) is 0.319. The summed E-state index contributed by atoms with van der Waals surface area (Å²) in [5, 5.41) is 6.68. The third-order valence-corrected chi connectivity index (χ3v) is 4.71. The third-order valence-electron chi connectivity index (χ3n) is 4.71. The van der Waals surface area contributed by atoms with Crippen molar-refractivity contribution in [1.82, 2.24) is 15.5 Å². The van der Waals surface area contributed by atoms with Crippen LogP contribution in [0.2, 0.25) is 0 Å². The summed E-state index contributed by atoms with van der Waals surface area (Å²) in [6.07, 6.45) is 2.62. The van der Waals surface area contributed by atoms with Crippen molar-refractivity contribution in [3.63, 3.8) is 0 Å². The molecule has 0 aromatic heterocycles. The molecule has 24 heavy (non-hydrogen) atoms. The first kappa shape index (κ1) is 19.0. The van der Waals surface area contributed by atoms with E-state index in [1.165, 1.54) is 17.5 Å². The molecule has 1 aromatic carbocycles. The molecular formula is C18H27IN4O. The Balaban J connectivity index is 0.00000208. The van der Waals surface area contributed by atoms with E-state index in [0.717, 1.165) is 37.9 Å². The number of guanidine groups is 1. The number of aliphatic imine (C=N–C) groups is 1. The average Bonchev–Trinajstić information content (AvgIpc) is 3.09. The molecular weight excluding hydrogens is 415 g/mol. The van der Waals surface area contributed by atoms with Gasteiger partial charge in [0.1, 0.15) is 0 Å². The molecule has 1 aliphatic carbocycles. The number of amides is 1. The molecule has 1 amide bonds. The van der Waals surface area contributed by atoms with Gasteiger partial charge in [-0.2, -0.15) is 0 Å². The molecule has 1 aromatic rings. The Morgan fingerprint density at radius 3 is 2.46 bits per heavy atom. The van der Waals surface area contributed by atoms with Crippen molar-refractivity contribution in [3.8, 4) is 0 Å². The van der Waals surface area contributed by atoms with E-state index in [4.69, 9.17) is 0 Å². The van der Waals surface area contributed by atoms with Crippen molar-refractivity contribution >= 4 is 35.8 Å². The van der Waals surface area contributed by atoms with Crippen LogP contribution >= 0.6 is 24.0 Å². The van der Waals surface area contributed by atoms with Crippen molar-refractivity contribution in [3.05, 3.63) is 35.4 Å². The number of rotatable bonds is 5. The van der Waals surface area contributed by atoms with Crippen LogP contribution in [0.25, 0.3) is 0 Å². The Labute approximate surface area is 161 Å². The molecule has 2 aliphatic rings. The number of hydrogen-bond donors (Lipinski definition) is 2. The molecule has 1 fully saturated rings. The van der Waals surface area contributed by atoms with Crippen molar-refractivity contribution in [2.45, 2.75) is 45.3 Å². The number of nitrogens with zero attached hydrogens (tertiary/aromatic N) is 2. The van der Waals surface area contributed by atoms with Gasteiger partial charge in [-0.05, 0) is 29.9 Å². The SMILES string of the molecule is CN=C(NCCCC(=O)N1Cc2ccccc2C1)NC1CC1C.I. The van der Waals surface area contributed by atoms with Crippen molar-refractivity contribution in [2.24, 2.45) is 10.9 Å². The monoisotopic (exact) mass is 442 g/mol. The average molecular weight is 442 g/mol. The lowest BCUT2D eigenvalue weighted by atomic mass is 10.1. The zero-order valence-corrected chi connectivity index (χ0v) is 16.7. The Morgan fingerprint density at radius 1 is 1.29 bits per heavy atom. The molecule has 0 radical (unpaired) electrons. The zero-order chi connectivity index (χ0) is 16.2. The molecule has 1 saturated carbocycles. The molecule has 0 bridgehead atoms. The van der Waals surface area contributed by atoms with Crippen molar-refractivity contribution < 1.29 is 4.79 Å². The van der Waals surface area contributed by atoms with E-state index >= 15 is 0 Å². The summed E-state index contributed by atoms with van der Waals surface area (Å²) in [5.74, 6) is 1.83. The molecule has 0 saturated heterocycles. The molecule has 132 valence electrons. The van der Waals surface area contributed by atoms with Crippen LogP contribution < -0.4 is 10.6 Å². The summed E-state index contributed by atoms with van der Waals surface area (Å²) >= 11 is 0. The molecule has 1 heterocycles. The molecule has 0 spiro atoms. The predicted octanol–water partition coefficient (Wildman–Crippen LogP) is 2.50. The third kappa shape index (κ3) is 4.84. The number of halogens is 1. The summed E-state index contributed by atoms with van der Waals surface area (Å²) in [4.78, 5) is 18.5. The standard InChI is InChI=1S/C18H26N4O.HI/c1-13-10-16(13)21-18(19-2)20-9-5-8-17(23)22-11-14-6-3-4-7-15(14)12-22;/h3-4,6-7,13,16H,5,8-12H2,1-2H3,(H2,19,20,21);1H. The molecule has 1 aliphatic heterocycles. The van der Waals surface area contributed by atoms with Gasteiger partial charge in [-0.3, -0.25) is 9.79 Å². The topological polar surface area (TPSA) is 56.7 Å². The number of carbonyl (C=O) groups excluding carboxylic acids is 1. The lowest BCUT2D eigenvalue weighted by molar-refractivity contribution is -0.131. The van der Waals surface area contributed by atoms with E-state index in [9.17, 15) is 4.79 Å². The van der Waals surface area contributed by atoms with E-state index in [2.05, 4.69) is 34.7 Å². The van der Waals surface area contributed by atoms with Gasteiger partial charge in [-0.1, -0.05) is 31.2 Å². The highest BCUT2D eigenvalue weighted by Gasteiger charge is 2.33. The lowest BCUT2D eigenvalue weighted by Crippen LogP contribution is -2.39. The van der Waals surface area contributed by atoms with Gasteiger partial charge in [0.25, 0.3) is 0 Å². The van der Waals surface area contributed by atoms with E-state index in [1.807, 2.05) is 17.0 Å². The highest BCUT2D eigenvalue weighted by Crippen LogP contribution is 2.28. The Morgan fingerprint density at radius 2 is 1.92 bits per heavy atom. The maximum atomic E-state index is 12.3. The zero-order valence-electron chi connectivity index (χ0n) is 14.4. The maximum Gasteiger partial charge on any atom is 0.223 e. The summed E-state index contributed by atoms with van der Waals surface area (Å²) in [7, 11) is 1.79. The van der Waals surface area contributed by atoms with Crippen LogP contribution in [-0.2, 0) is 17.9 Å². The van der Waals surface area contributed by atoms with Crippen LogP contribution in [0.4, 0.5) is 0 Å². The molecule has 5 nitrogen and oxygen atoms in total. The fraction of sp³-hybridized carbons (Fsp3) is 0.556. The van der Waals surface area contributed by atoms with Crippen molar-refractivity contribution in [1.29, 1.82) is 0 Å². The van der Waals surface area contributed by atoms with Crippen LogP contribution in [0.1, 0.15) is 37.3 Å². The summed E-state index contributed by atoms with van der Waals surface area (Å²) in [6, 6.07) is 8.86. The van der Waals surface area contributed by atoms with Gasteiger partial charge in [0.2, 0.25) is 5.91 Å². The minimum Gasteiger partial charge on any atom is -0.356 e. The first-order chi connectivity index (χ1) is 11.2. The molecule has 2 unspecified atom stereocenters. The predicted molar refractivity (Wildman–Crippen MR) is 107 cm³/mol.